The van der Waals surface area contributed by atoms with Crippen LogP contribution in [0.15, 0.2) is 0 Å². The summed E-state index contributed by atoms with van der Waals surface area (Å²) in [4.78, 5) is 0. The highest BCUT2D eigenvalue weighted by Crippen LogP contribution is 1.83. The minimum Gasteiger partial charge on any atom is -0.330 e. The maximum Gasteiger partial charge on any atom is 0.00530 e. The first-order valence-electron chi connectivity index (χ1n) is 9.57. The van der Waals surface area contributed by atoms with Gasteiger partial charge < -0.3 is 28.7 Å². The van der Waals surface area contributed by atoms with Crippen LogP contribution in [-0.2, 0) is 0 Å². The van der Waals surface area contributed by atoms with Crippen molar-refractivity contribution in [3.63, 3.8) is 0 Å². The van der Waals surface area contributed by atoms with E-state index in [9.17, 15) is 0 Å². The molecule has 0 radical (unpaired) electrons. The molecule has 0 heterocycles. The molecule has 0 unspecified atom stereocenters. The quantitative estimate of drug-likeness (QED) is 0.412. The maximum absolute atomic E-state index is 5.14. The van der Waals surface area contributed by atoms with Crippen LogP contribution in [0.25, 0.3) is 0 Å². The van der Waals surface area contributed by atoms with E-state index in [-0.39, 0.29) is 7.43 Å². The summed E-state index contributed by atoms with van der Waals surface area (Å²) in [5.74, 6) is 1.08. The van der Waals surface area contributed by atoms with Gasteiger partial charge in [-0.1, -0.05) is 54.4 Å². The van der Waals surface area contributed by atoms with E-state index in [2.05, 4.69) is 27.7 Å². The first-order chi connectivity index (χ1) is 11.6. The second kappa shape index (κ2) is 64.6. The third-order valence-electron chi connectivity index (χ3n) is 2.28. The summed E-state index contributed by atoms with van der Waals surface area (Å²) >= 11 is 1.78. The first kappa shape index (κ1) is 40.0. The lowest BCUT2D eigenvalue weighted by Gasteiger charge is -1.80. The van der Waals surface area contributed by atoms with Crippen molar-refractivity contribution >= 4 is 11.8 Å². The zero-order valence-corrected chi connectivity index (χ0v) is 18.3. The second-order valence-corrected chi connectivity index (χ2v) is 5.98. The third kappa shape index (κ3) is 142. The van der Waals surface area contributed by atoms with Crippen LogP contribution in [0.1, 0.15) is 80.1 Å². The molecule has 0 spiro atoms. The molecule has 0 atom stereocenters. The monoisotopic (exact) mass is 385 g/mol. The summed E-state index contributed by atoms with van der Waals surface area (Å²) < 4.78 is 0. The average molecular weight is 386 g/mol. The van der Waals surface area contributed by atoms with Crippen LogP contribution in [0, 0.1) is 0 Å². The van der Waals surface area contributed by atoms with E-state index in [1.807, 2.05) is 6.26 Å². The van der Waals surface area contributed by atoms with E-state index in [4.69, 9.17) is 28.7 Å². The Labute approximate surface area is 165 Å². The van der Waals surface area contributed by atoms with Crippen molar-refractivity contribution in [1.29, 1.82) is 0 Å². The minimum absolute atomic E-state index is 0. The highest BCUT2D eigenvalue weighted by molar-refractivity contribution is 7.98. The molecule has 0 bridgehead atoms. The Hall–Kier alpha value is 0.150. The molecule has 0 rings (SSSR count). The fourth-order valence-corrected chi connectivity index (χ4v) is 0.966. The summed E-state index contributed by atoms with van der Waals surface area (Å²) in [6, 6.07) is 0. The topological polar surface area (TPSA) is 130 Å². The van der Waals surface area contributed by atoms with Crippen molar-refractivity contribution in [1.82, 2.24) is 0 Å². The molecular weight excluding hydrogens is 330 g/mol. The van der Waals surface area contributed by atoms with Crippen LogP contribution in [0.2, 0.25) is 0 Å². The van der Waals surface area contributed by atoms with Crippen molar-refractivity contribution in [3.05, 3.63) is 0 Å². The molecule has 0 aromatic heterocycles. The molecule has 0 aliphatic heterocycles. The fraction of sp³-hybridized carbons (Fsp3) is 1.00. The van der Waals surface area contributed by atoms with Crippen molar-refractivity contribution in [2.45, 2.75) is 80.1 Å². The van der Waals surface area contributed by atoms with Gasteiger partial charge in [-0.2, -0.15) is 11.8 Å². The lowest BCUT2D eigenvalue weighted by Crippen LogP contribution is -1.99. The number of rotatable bonds is 9. The van der Waals surface area contributed by atoms with Gasteiger partial charge in [0.25, 0.3) is 0 Å². The van der Waals surface area contributed by atoms with Crippen LogP contribution in [0.5, 0.6) is 0 Å². The van der Waals surface area contributed by atoms with E-state index < -0.39 is 0 Å². The number of hydrogen-bond acceptors (Lipinski definition) is 6. The second-order valence-electron chi connectivity index (χ2n) is 5.00. The molecule has 0 aromatic rings. The Kier molecular flexibility index (Phi) is 103. The fourth-order valence-electron chi connectivity index (χ4n) is 0.730. The predicted octanol–water partition coefficient (Wildman–Crippen LogP) is 3.53. The van der Waals surface area contributed by atoms with Gasteiger partial charge in [-0.3, -0.25) is 0 Å². The van der Waals surface area contributed by atoms with Gasteiger partial charge in [0.2, 0.25) is 0 Å². The smallest absolute Gasteiger partial charge is 0.00530 e. The van der Waals surface area contributed by atoms with Crippen LogP contribution in [0.4, 0.5) is 0 Å². The SMILES string of the molecule is C.CCCCN.CCCCN.CCCCN.CCCN.CSCCN. The van der Waals surface area contributed by atoms with Crippen LogP contribution in [0.3, 0.4) is 0 Å². The molecule has 25 heavy (non-hydrogen) atoms. The number of hydrogen-bond donors (Lipinski definition) is 5. The summed E-state index contributed by atoms with van der Waals surface area (Å²) in [7, 11) is 0. The number of unbranched alkanes of at least 4 members (excludes halogenated alkanes) is 3. The zero-order valence-electron chi connectivity index (χ0n) is 17.5. The molecule has 0 amide bonds. The van der Waals surface area contributed by atoms with E-state index >= 15 is 0 Å². The predicted molar refractivity (Wildman–Crippen MR) is 125 cm³/mol. The summed E-state index contributed by atoms with van der Waals surface area (Å²) in [5, 5.41) is 0. The molecule has 5 nitrogen and oxygen atoms in total. The van der Waals surface area contributed by atoms with E-state index in [1.54, 1.807) is 11.8 Å². The van der Waals surface area contributed by atoms with Gasteiger partial charge in [0.15, 0.2) is 0 Å². The molecule has 10 N–H and O–H groups in total. The Bertz CT molecular complexity index is 96.4. The minimum atomic E-state index is 0. The largest absolute Gasteiger partial charge is 0.330 e. The zero-order chi connectivity index (χ0) is 19.9. The van der Waals surface area contributed by atoms with E-state index in [0.29, 0.717) is 0 Å². The molecule has 0 aromatic carbocycles. The van der Waals surface area contributed by atoms with E-state index in [1.165, 1.54) is 38.5 Å². The lowest BCUT2D eigenvalue weighted by atomic mass is 10.3. The molecule has 0 saturated heterocycles. The highest BCUT2D eigenvalue weighted by Gasteiger charge is 1.69. The molecular formula is C19H55N5S. The Morgan fingerprint density at radius 3 is 0.800 bits per heavy atom. The molecule has 0 fully saturated rings. The molecule has 0 saturated carbocycles. The van der Waals surface area contributed by atoms with Crippen molar-refractivity contribution in [3.8, 4) is 0 Å². The van der Waals surface area contributed by atoms with Crippen molar-refractivity contribution in [2.75, 3.05) is 44.7 Å². The Balaban J connectivity index is -0.0000000448. The lowest BCUT2D eigenvalue weighted by molar-refractivity contribution is 0.807. The van der Waals surface area contributed by atoms with Gasteiger partial charge >= 0.3 is 0 Å². The molecule has 0 aliphatic rings. The normalized spacial score (nSPS) is 7.92. The summed E-state index contributed by atoms with van der Waals surface area (Å²) in [6.45, 7) is 12.6. The van der Waals surface area contributed by atoms with E-state index in [0.717, 1.165) is 44.9 Å². The first-order valence-corrected chi connectivity index (χ1v) is 11.0. The Morgan fingerprint density at radius 2 is 0.800 bits per heavy atom. The van der Waals surface area contributed by atoms with Crippen LogP contribution >= 0.6 is 11.8 Å². The molecule has 6 heteroatoms. The van der Waals surface area contributed by atoms with Gasteiger partial charge in [-0.05, 0) is 58.1 Å². The van der Waals surface area contributed by atoms with Gasteiger partial charge in [-0.25, -0.2) is 0 Å². The maximum atomic E-state index is 5.14. The molecule has 162 valence electrons. The van der Waals surface area contributed by atoms with Gasteiger partial charge in [-0.15, -0.1) is 0 Å². The Morgan fingerprint density at radius 1 is 0.520 bits per heavy atom. The van der Waals surface area contributed by atoms with Gasteiger partial charge in [0.1, 0.15) is 0 Å². The van der Waals surface area contributed by atoms with Crippen LogP contribution < -0.4 is 28.7 Å². The van der Waals surface area contributed by atoms with Crippen molar-refractivity contribution < 1.29 is 0 Å². The van der Waals surface area contributed by atoms with Gasteiger partial charge in [0.05, 0.1) is 0 Å². The highest BCUT2D eigenvalue weighted by atomic mass is 32.2. The van der Waals surface area contributed by atoms with Crippen LogP contribution in [-0.4, -0.2) is 44.7 Å². The summed E-state index contributed by atoms with van der Waals surface area (Å²) in [5.41, 5.74) is 25.6. The number of nitrogens with two attached hydrogens (primary N) is 5. The van der Waals surface area contributed by atoms with Gasteiger partial charge in [0, 0.05) is 12.3 Å². The molecule has 0 aliphatic carbocycles. The van der Waals surface area contributed by atoms with Crippen molar-refractivity contribution in [2.24, 2.45) is 28.7 Å². The number of thioether (sulfide) groups is 1. The summed E-state index contributed by atoms with van der Waals surface area (Å²) in [6.07, 6.45) is 10.3. The average Bonchev–Trinajstić information content (AvgIpc) is 2.60. The standard InChI is InChI=1S/3C4H11N.C3H9NS.C3H9N.CH4/c3*1-2-3-4-5;1-5-3-2-4;1-2-3-4;/h3*2-5H2,1H3;2-4H2,1H3;2-4H2,1H3;1H4. The third-order valence-corrected chi connectivity index (χ3v) is 2.93.